The Bertz CT molecular complexity index is 472. The van der Waals surface area contributed by atoms with E-state index in [4.69, 9.17) is 0 Å². The van der Waals surface area contributed by atoms with Crippen molar-refractivity contribution < 1.29 is 0 Å². The second kappa shape index (κ2) is 23.2. The smallest absolute Gasteiger partial charge is 0.0512 e. The number of hydrogen-bond acceptors (Lipinski definition) is 1. The van der Waals surface area contributed by atoms with E-state index >= 15 is 0 Å². The highest BCUT2D eigenvalue weighted by atomic mass is 14.7. The number of nitrogens with zero attached hydrogens (tertiary/aromatic N) is 1. The van der Waals surface area contributed by atoms with Crippen LogP contribution in [0.4, 0.5) is 0 Å². The number of rotatable bonds is 5. The summed E-state index contributed by atoms with van der Waals surface area (Å²) in [7, 11) is 0. The minimum absolute atomic E-state index is 0.725. The van der Waals surface area contributed by atoms with E-state index in [0.29, 0.717) is 0 Å². The van der Waals surface area contributed by atoms with Gasteiger partial charge >= 0.3 is 0 Å². The lowest BCUT2D eigenvalue weighted by atomic mass is 10.1. The molecule has 0 atom stereocenters. The molecule has 0 aromatic heterocycles. The van der Waals surface area contributed by atoms with E-state index in [1.54, 1.807) is 6.08 Å². The minimum Gasteiger partial charge on any atom is -0.268 e. The average molecular weight is 330 g/mol. The first kappa shape index (κ1) is 29.9. The highest BCUT2D eigenvalue weighted by molar-refractivity contribution is 5.31. The van der Waals surface area contributed by atoms with Crippen molar-refractivity contribution in [3.05, 3.63) is 60.4 Å². The van der Waals surface area contributed by atoms with Gasteiger partial charge in [-0.05, 0) is 47.8 Å². The number of hydrogen-bond donors (Lipinski definition) is 0. The Labute approximate surface area is 152 Å². The summed E-state index contributed by atoms with van der Waals surface area (Å²) in [5, 5.41) is 0. The largest absolute Gasteiger partial charge is 0.268 e. The normalized spacial score (nSPS) is 7.17. The van der Waals surface area contributed by atoms with Gasteiger partial charge in [-0.25, -0.2) is 0 Å². The van der Waals surface area contributed by atoms with Gasteiger partial charge in [0, 0.05) is 0 Å². The molecule has 0 aliphatic rings. The fourth-order valence-corrected chi connectivity index (χ4v) is 0.865. The molecular formula is C23H39N. The van der Waals surface area contributed by atoms with E-state index in [0.717, 1.165) is 35.3 Å². The molecule has 0 bridgehead atoms. The minimum atomic E-state index is 0.725. The van der Waals surface area contributed by atoms with Crippen LogP contribution >= 0.6 is 0 Å². The quantitative estimate of drug-likeness (QED) is 0.278. The molecule has 0 rings (SSSR count). The van der Waals surface area contributed by atoms with Crippen LogP contribution in [0.2, 0.25) is 0 Å². The van der Waals surface area contributed by atoms with Gasteiger partial charge in [0.15, 0.2) is 0 Å². The van der Waals surface area contributed by atoms with Gasteiger partial charge in [0.05, 0.1) is 12.1 Å². The molecule has 0 aliphatic carbocycles. The Kier molecular flexibility index (Phi) is 28.9. The summed E-state index contributed by atoms with van der Waals surface area (Å²) in [6.07, 6.45) is 3.47. The third-order valence-corrected chi connectivity index (χ3v) is 2.58. The van der Waals surface area contributed by atoms with Gasteiger partial charge < -0.3 is 0 Å². The highest BCUT2D eigenvalue weighted by Crippen LogP contribution is 2.07. The SMILES string of the molecule is C=C(C)C(=C)CC.C=CC(=C)C.C=NC(CC#CC)=C(C)C.CC. The van der Waals surface area contributed by atoms with Crippen molar-refractivity contribution in [3.8, 4) is 11.8 Å². The lowest BCUT2D eigenvalue weighted by Crippen LogP contribution is -1.79. The summed E-state index contributed by atoms with van der Waals surface area (Å²) >= 11 is 0. The van der Waals surface area contributed by atoms with Gasteiger partial charge in [-0.2, -0.15) is 0 Å². The van der Waals surface area contributed by atoms with Crippen LogP contribution in [-0.4, -0.2) is 6.72 Å². The van der Waals surface area contributed by atoms with Crippen LogP contribution in [0.15, 0.2) is 65.4 Å². The van der Waals surface area contributed by atoms with Gasteiger partial charge in [-0.15, -0.1) is 5.92 Å². The van der Waals surface area contributed by atoms with Crippen molar-refractivity contribution in [2.75, 3.05) is 0 Å². The van der Waals surface area contributed by atoms with E-state index in [2.05, 4.69) is 56.8 Å². The Hall–Kier alpha value is -2.07. The molecule has 0 aromatic carbocycles. The fourth-order valence-electron chi connectivity index (χ4n) is 0.865. The average Bonchev–Trinajstić information content (AvgIpc) is 2.57. The van der Waals surface area contributed by atoms with Gasteiger partial charge in [0.1, 0.15) is 0 Å². The van der Waals surface area contributed by atoms with E-state index in [1.165, 1.54) is 5.57 Å². The second-order valence-corrected chi connectivity index (χ2v) is 5.00. The third kappa shape index (κ3) is 28.1. The Morgan fingerprint density at radius 1 is 1.04 bits per heavy atom. The maximum Gasteiger partial charge on any atom is 0.0512 e. The Morgan fingerprint density at radius 3 is 1.58 bits per heavy atom. The molecule has 0 saturated heterocycles. The van der Waals surface area contributed by atoms with Gasteiger partial charge in [-0.3, -0.25) is 4.99 Å². The van der Waals surface area contributed by atoms with E-state index in [1.807, 2.05) is 48.5 Å². The summed E-state index contributed by atoms with van der Waals surface area (Å²) in [4.78, 5) is 3.85. The molecule has 0 saturated carbocycles. The third-order valence-electron chi connectivity index (χ3n) is 2.58. The summed E-state index contributed by atoms with van der Waals surface area (Å²) in [5.41, 5.74) is 5.46. The molecule has 0 heterocycles. The summed E-state index contributed by atoms with van der Waals surface area (Å²) in [5.74, 6) is 5.75. The Balaban J connectivity index is -0.000000125. The van der Waals surface area contributed by atoms with E-state index in [-0.39, 0.29) is 0 Å². The molecule has 0 fully saturated rings. The van der Waals surface area contributed by atoms with Crippen LogP contribution < -0.4 is 0 Å². The monoisotopic (exact) mass is 329 g/mol. The fraction of sp³-hybridized carbons (Fsp3) is 0.435. The number of aliphatic imine (C=N–C) groups is 1. The Morgan fingerprint density at radius 2 is 1.46 bits per heavy atom. The highest BCUT2D eigenvalue weighted by Gasteiger charge is 1.90. The first-order chi connectivity index (χ1) is 11.2. The first-order valence-electron chi connectivity index (χ1n) is 8.32. The van der Waals surface area contributed by atoms with E-state index in [9.17, 15) is 0 Å². The molecule has 1 nitrogen and oxygen atoms in total. The van der Waals surface area contributed by atoms with Gasteiger partial charge in [-0.1, -0.05) is 81.4 Å². The first-order valence-corrected chi connectivity index (χ1v) is 8.32. The lowest BCUT2D eigenvalue weighted by molar-refractivity contribution is 1.12. The molecule has 0 spiro atoms. The topological polar surface area (TPSA) is 12.4 Å². The molecule has 136 valence electrons. The molecule has 0 N–H and O–H groups in total. The molecule has 0 amide bonds. The summed E-state index contributed by atoms with van der Waals surface area (Å²) in [6, 6.07) is 0. The molecule has 24 heavy (non-hydrogen) atoms. The zero-order valence-corrected chi connectivity index (χ0v) is 17.5. The van der Waals surface area contributed by atoms with Crippen LogP contribution in [0.1, 0.15) is 68.2 Å². The summed E-state index contributed by atoms with van der Waals surface area (Å²) in [6.45, 7) is 33.8. The molecular weight excluding hydrogens is 290 g/mol. The van der Waals surface area contributed by atoms with Crippen LogP contribution in [0.5, 0.6) is 0 Å². The van der Waals surface area contributed by atoms with Crippen LogP contribution in [0, 0.1) is 11.8 Å². The van der Waals surface area contributed by atoms with Gasteiger partial charge in [0.2, 0.25) is 0 Å². The maximum atomic E-state index is 3.85. The predicted octanol–water partition coefficient (Wildman–Crippen LogP) is 7.70. The lowest BCUT2D eigenvalue weighted by Gasteiger charge is -1.95. The molecule has 0 aliphatic heterocycles. The van der Waals surface area contributed by atoms with Crippen molar-refractivity contribution in [1.29, 1.82) is 0 Å². The predicted molar refractivity (Wildman–Crippen MR) is 117 cm³/mol. The zero-order chi connectivity index (χ0) is 20.1. The van der Waals surface area contributed by atoms with Crippen molar-refractivity contribution in [1.82, 2.24) is 0 Å². The van der Waals surface area contributed by atoms with E-state index < -0.39 is 0 Å². The maximum absolute atomic E-state index is 3.85. The van der Waals surface area contributed by atoms with Crippen LogP contribution in [-0.2, 0) is 0 Å². The molecule has 0 aromatic rings. The molecule has 0 unspecified atom stereocenters. The van der Waals surface area contributed by atoms with Crippen molar-refractivity contribution >= 4 is 6.72 Å². The van der Waals surface area contributed by atoms with Crippen LogP contribution in [0.3, 0.4) is 0 Å². The standard InChI is InChI=1S/C9H13N.C7H12.C5H8.C2H6/c1-5-6-7-9(10-4)8(2)3;1-5-7(4)6(2)3;1-4-5(2)3;1-2/h4,7H2,1-3H3;2,4-5H2,1,3H3;4H,1-2H2,3H3;1-2H3. The van der Waals surface area contributed by atoms with Crippen LogP contribution in [0.25, 0.3) is 0 Å². The van der Waals surface area contributed by atoms with Gasteiger partial charge in [0.25, 0.3) is 0 Å². The number of allylic oxidation sites excluding steroid dienone is 6. The summed E-state index contributed by atoms with van der Waals surface area (Å²) < 4.78 is 0. The molecule has 1 heteroatoms. The zero-order valence-electron chi connectivity index (χ0n) is 17.5. The second-order valence-electron chi connectivity index (χ2n) is 5.00. The van der Waals surface area contributed by atoms with Crippen molar-refractivity contribution in [3.63, 3.8) is 0 Å². The van der Waals surface area contributed by atoms with Crippen molar-refractivity contribution in [2.24, 2.45) is 4.99 Å². The molecule has 0 radical (unpaired) electrons. The van der Waals surface area contributed by atoms with Crippen molar-refractivity contribution in [2.45, 2.75) is 68.2 Å².